The lowest BCUT2D eigenvalue weighted by atomic mass is 10.1. The van der Waals surface area contributed by atoms with Gasteiger partial charge in [0.2, 0.25) is 10.0 Å². The zero-order valence-corrected chi connectivity index (χ0v) is 23.4. The molecule has 1 aliphatic rings. The van der Waals surface area contributed by atoms with Crippen LogP contribution in [0.3, 0.4) is 0 Å². The summed E-state index contributed by atoms with van der Waals surface area (Å²) in [6, 6.07) is 1.66. The summed E-state index contributed by atoms with van der Waals surface area (Å²) >= 11 is 0.879. The molecule has 11 nitrogen and oxygen atoms in total. The largest absolute Gasteiger partial charge is 0.444 e. The van der Waals surface area contributed by atoms with E-state index < -0.39 is 56.6 Å². The molecule has 2 heterocycles. The van der Waals surface area contributed by atoms with Crippen molar-refractivity contribution in [2.75, 3.05) is 10.0 Å². The van der Waals surface area contributed by atoms with Crippen molar-refractivity contribution in [3.8, 4) is 11.3 Å². The third-order valence-corrected chi connectivity index (χ3v) is 8.11. The van der Waals surface area contributed by atoms with Crippen LogP contribution >= 0.6 is 11.3 Å². The molecule has 0 saturated heterocycles. The molecular formula is C24H24F4N6O5S2. The summed E-state index contributed by atoms with van der Waals surface area (Å²) < 4.78 is 86.0. The van der Waals surface area contributed by atoms with Crippen LogP contribution in [0.5, 0.6) is 0 Å². The molecule has 17 heteroatoms. The van der Waals surface area contributed by atoms with Crippen molar-refractivity contribution in [3.05, 3.63) is 53.2 Å². The Bertz CT molecular complexity index is 1570. The van der Waals surface area contributed by atoms with Gasteiger partial charge in [-0.2, -0.15) is 13.2 Å². The SMILES string of the molecule is CC(C)(C)OC(=O)NC(C(=O)Nc1ccc(-c2cncc(C(F)(F)F)n2)cc1F)c1csc(NS(=O)(=O)C2CC2)n1. The number of anilines is 2. The summed E-state index contributed by atoms with van der Waals surface area (Å²) in [4.78, 5) is 36.8. The number of rotatable bonds is 8. The van der Waals surface area contributed by atoms with Gasteiger partial charge in [-0.3, -0.25) is 14.5 Å². The van der Waals surface area contributed by atoms with E-state index in [1.165, 1.54) is 11.4 Å². The van der Waals surface area contributed by atoms with Gasteiger partial charge in [-0.1, -0.05) is 6.07 Å². The fourth-order valence-electron chi connectivity index (χ4n) is 3.37. The van der Waals surface area contributed by atoms with E-state index >= 15 is 0 Å². The van der Waals surface area contributed by atoms with Gasteiger partial charge in [0.25, 0.3) is 5.91 Å². The molecule has 41 heavy (non-hydrogen) atoms. The second-order valence-electron chi connectivity index (χ2n) is 9.97. The number of alkyl carbamates (subject to hydrolysis) is 1. The Morgan fingerprint density at radius 3 is 2.44 bits per heavy atom. The van der Waals surface area contributed by atoms with Gasteiger partial charge >= 0.3 is 12.3 Å². The molecule has 0 spiro atoms. The number of nitrogens with zero attached hydrogens (tertiary/aromatic N) is 3. The van der Waals surface area contributed by atoms with Crippen molar-refractivity contribution in [2.45, 2.75) is 56.7 Å². The summed E-state index contributed by atoms with van der Waals surface area (Å²) in [7, 11) is -3.65. The maximum Gasteiger partial charge on any atom is 0.434 e. The molecule has 3 N–H and O–H groups in total. The van der Waals surface area contributed by atoms with E-state index in [1.54, 1.807) is 20.8 Å². The Balaban J connectivity index is 1.57. The number of hydrogen-bond donors (Lipinski definition) is 3. The monoisotopic (exact) mass is 616 g/mol. The number of amides is 2. The van der Waals surface area contributed by atoms with E-state index in [0.29, 0.717) is 19.0 Å². The van der Waals surface area contributed by atoms with Crippen molar-refractivity contribution in [2.24, 2.45) is 0 Å². The first-order valence-electron chi connectivity index (χ1n) is 12.0. The van der Waals surface area contributed by atoms with Gasteiger partial charge in [0.1, 0.15) is 11.4 Å². The molecule has 2 aromatic heterocycles. The molecule has 2 amide bonds. The first kappa shape index (κ1) is 30.1. The molecule has 1 aromatic carbocycles. The Morgan fingerprint density at radius 2 is 1.83 bits per heavy atom. The fourth-order valence-corrected chi connectivity index (χ4v) is 5.70. The van der Waals surface area contributed by atoms with Crippen molar-refractivity contribution >= 4 is 44.2 Å². The Hall–Kier alpha value is -3.86. The lowest BCUT2D eigenvalue weighted by Crippen LogP contribution is -2.40. The molecule has 220 valence electrons. The average Bonchev–Trinajstić information content (AvgIpc) is 3.63. The molecule has 1 saturated carbocycles. The van der Waals surface area contributed by atoms with Gasteiger partial charge in [0.15, 0.2) is 16.9 Å². The molecule has 1 aliphatic carbocycles. The Labute approximate surface area is 235 Å². The number of carbonyl (C=O) groups excluding carboxylic acids is 2. The van der Waals surface area contributed by atoms with Crippen molar-refractivity contribution in [3.63, 3.8) is 0 Å². The number of ether oxygens (including phenoxy) is 1. The molecule has 0 bridgehead atoms. The maximum atomic E-state index is 15.0. The number of carbonyl (C=O) groups is 2. The van der Waals surface area contributed by atoms with E-state index in [9.17, 15) is 35.6 Å². The highest BCUT2D eigenvalue weighted by molar-refractivity contribution is 7.93. The smallest absolute Gasteiger partial charge is 0.434 e. The van der Waals surface area contributed by atoms with Gasteiger partial charge in [-0.25, -0.2) is 27.6 Å². The van der Waals surface area contributed by atoms with Gasteiger partial charge in [0.05, 0.1) is 34.7 Å². The Morgan fingerprint density at radius 1 is 1.12 bits per heavy atom. The first-order valence-corrected chi connectivity index (χ1v) is 14.4. The third kappa shape index (κ3) is 7.87. The second kappa shape index (κ2) is 11.2. The van der Waals surface area contributed by atoms with E-state index in [2.05, 4.69) is 30.3 Å². The number of aromatic nitrogens is 3. The Kier molecular flexibility index (Phi) is 8.22. The summed E-state index contributed by atoms with van der Waals surface area (Å²) in [5, 5.41) is 5.43. The first-order chi connectivity index (χ1) is 19.0. The van der Waals surface area contributed by atoms with Crippen molar-refractivity contribution in [1.29, 1.82) is 0 Å². The normalized spacial score (nSPS) is 14.7. The molecule has 4 rings (SSSR count). The second-order valence-corrected chi connectivity index (χ2v) is 12.8. The van der Waals surface area contributed by atoms with Crippen molar-refractivity contribution in [1.82, 2.24) is 20.3 Å². The number of nitrogens with one attached hydrogen (secondary N) is 3. The fraction of sp³-hybridized carbons (Fsp3) is 0.375. The van der Waals surface area contributed by atoms with Crippen molar-refractivity contribution < 1.29 is 40.3 Å². The number of hydrogen-bond acceptors (Lipinski definition) is 9. The van der Waals surface area contributed by atoms with Crippen LogP contribution < -0.4 is 15.4 Å². The van der Waals surface area contributed by atoms with Gasteiger partial charge in [-0.15, -0.1) is 11.3 Å². The van der Waals surface area contributed by atoms with Gasteiger partial charge in [0, 0.05) is 10.9 Å². The molecule has 3 aromatic rings. The van der Waals surface area contributed by atoms with Crippen LogP contribution in [0.25, 0.3) is 11.3 Å². The van der Waals surface area contributed by atoms with E-state index in [-0.39, 0.29) is 27.8 Å². The lowest BCUT2D eigenvalue weighted by Gasteiger charge is -2.22. The molecule has 1 unspecified atom stereocenters. The summed E-state index contributed by atoms with van der Waals surface area (Å²) in [5.74, 6) is -1.97. The molecule has 0 aliphatic heterocycles. The van der Waals surface area contributed by atoms with E-state index in [4.69, 9.17) is 4.74 Å². The molecule has 0 radical (unpaired) electrons. The highest BCUT2D eigenvalue weighted by Gasteiger charge is 2.37. The zero-order chi connectivity index (χ0) is 30.2. The van der Waals surface area contributed by atoms with Crippen LogP contribution in [-0.4, -0.2) is 46.2 Å². The summed E-state index contributed by atoms with van der Waals surface area (Å²) in [5.41, 5.74) is -2.88. The predicted octanol–water partition coefficient (Wildman–Crippen LogP) is 4.87. The van der Waals surface area contributed by atoms with E-state index in [0.717, 1.165) is 29.7 Å². The predicted molar refractivity (Wildman–Crippen MR) is 141 cm³/mol. The zero-order valence-electron chi connectivity index (χ0n) is 21.7. The number of halogens is 4. The number of thiazole rings is 1. The number of alkyl halides is 3. The quantitative estimate of drug-likeness (QED) is 0.303. The van der Waals surface area contributed by atoms with Gasteiger partial charge in [-0.05, 0) is 45.7 Å². The third-order valence-electron chi connectivity index (χ3n) is 5.38. The number of benzene rings is 1. The topological polar surface area (TPSA) is 152 Å². The van der Waals surface area contributed by atoms with Crippen LogP contribution in [-0.2, 0) is 25.7 Å². The van der Waals surface area contributed by atoms with Crippen LogP contribution in [0.1, 0.15) is 51.0 Å². The summed E-state index contributed by atoms with van der Waals surface area (Å²) in [6.45, 7) is 4.79. The minimum Gasteiger partial charge on any atom is -0.444 e. The summed E-state index contributed by atoms with van der Waals surface area (Å²) in [6.07, 6.45) is -3.15. The minimum absolute atomic E-state index is 0.0328. The highest BCUT2D eigenvalue weighted by atomic mass is 32.2. The van der Waals surface area contributed by atoms with Crippen LogP contribution in [0.4, 0.5) is 33.2 Å². The van der Waals surface area contributed by atoms with Crippen LogP contribution in [0, 0.1) is 5.82 Å². The standard InChI is InChI=1S/C24H24F4N6O5S2/c1-23(2,3)39-22(36)33-19(17-11-40-21(32-17)34-41(37,38)13-5-6-13)20(35)31-15-7-4-12(8-14(15)25)16-9-29-10-18(30-16)24(26,27)28/h4,7-11,13,19H,5-6H2,1-3H3,(H,31,35)(H,32,34)(H,33,36). The van der Waals surface area contributed by atoms with Crippen LogP contribution in [0.2, 0.25) is 0 Å². The minimum atomic E-state index is -4.75. The molecule has 1 atom stereocenters. The van der Waals surface area contributed by atoms with Gasteiger partial charge < -0.3 is 15.4 Å². The van der Waals surface area contributed by atoms with E-state index in [1.807, 2.05) is 0 Å². The average molecular weight is 617 g/mol. The maximum absolute atomic E-state index is 15.0. The molecular weight excluding hydrogens is 592 g/mol. The lowest BCUT2D eigenvalue weighted by molar-refractivity contribution is -0.141. The number of sulfonamides is 1. The van der Waals surface area contributed by atoms with Crippen LogP contribution in [0.15, 0.2) is 36.0 Å². The molecule has 1 fully saturated rings. The highest BCUT2D eigenvalue weighted by Crippen LogP contribution is 2.32.